The highest BCUT2D eigenvalue weighted by Crippen LogP contribution is 2.30. The minimum absolute atomic E-state index is 0.0298. The Bertz CT molecular complexity index is 1470. The summed E-state index contributed by atoms with van der Waals surface area (Å²) in [6.45, 7) is 7.85. The van der Waals surface area contributed by atoms with Gasteiger partial charge in [-0.05, 0) is 60.6 Å². The fourth-order valence-electron chi connectivity index (χ4n) is 6.86. The van der Waals surface area contributed by atoms with Crippen molar-refractivity contribution in [2.75, 3.05) is 65.6 Å². The first-order valence-electron chi connectivity index (χ1n) is 15.9. The van der Waals surface area contributed by atoms with Crippen LogP contribution >= 0.6 is 0 Å². The maximum Gasteiger partial charge on any atom is 0.243 e. The van der Waals surface area contributed by atoms with Gasteiger partial charge in [0.1, 0.15) is 6.04 Å². The summed E-state index contributed by atoms with van der Waals surface area (Å²) in [4.78, 5) is 21.5. The van der Waals surface area contributed by atoms with Crippen molar-refractivity contribution in [3.63, 3.8) is 0 Å². The monoisotopic (exact) mass is 604 g/mol. The van der Waals surface area contributed by atoms with Crippen LogP contribution in [0.3, 0.4) is 0 Å². The van der Waals surface area contributed by atoms with Crippen LogP contribution < -0.4 is 0 Å². The maximum atomic E-state index is 14.4. The topological polar surface area (TPSA) is 73.4 Å². The van der Waals surface area contributed by atoms with Gasteiger partial charge in [-0.3, -0.25) is 9.69 Å². The summed E-state index contributed by atoms with van der Waals surface area (Å²) in [7, 11) is -3.82. The van der Waals surface area contributed by atoms with Crippen LogP contribution in [0.25, 0.3) is 10.8 Å². The summed E-state index contributed by atoms with van der Waals surface area (Å²) in [6.07, 6.45) is 4.10. The highest BCUT2D eigenvalue weighted by molar-refractivity contribution is 7.89. The van der Waals surface area contributed by atoms with Crippen LogP contribution in [0, 0.1) is 0 Å². The van der Waals surface area contributed by atoms with Crippen LogP contribution in [-0.4, -0.2) is 111 Å². The molecule has 8 nitrogen and oxygen atoms in total. The van der Waals surface area contributed by atoms with Gasteiger partial charge in [0.25, 0.3) is 0 Å². The van der Waals surface area contributed by atoms with Crippen LogP contribution in [0.4, 0.5) is 0 Å². The zero-order valence-electron chi connectivity index (χ0n) is 25.0. The Labute approximate surface area is 256 Å². The number of ether oxygens (including phenoxy) is 1. The van der Waals surface area contributed by atoms with Crippen molar-refractivity contribution < 1.29 is 17.9 Å². The number of morpholine rings is 1. The Balaban J connectivity index is 1.16. The van der Waals surface area contributed by atoms with E-state index in [0.717, 1.165) is 69.3 Å². The van der Waals surface area contributed by atoms with Crippen LogP contribution in [0.1, 0.15) is 31.2 Å². The van der Waals surface area contributed by atoms with E-state index in [1.54, 1.807) is 12.1 Å². The lowest BCUT2D eigenvalue weighted by Gasteiger charge is -2.41. The van der Waals surface area contributed by atoms with E-state index < -0.39 is 16.1 Å². The molecule has 6 rings (SSSR count). The Morgan fingerprint density at radius 3 is 2.26 bits per heavy atom. The standard InChI is InChI=1S/C34H44N4O4S/c39-34(33-11-6-17-38(33)43(40,41)32-13-12-29-9-4-5-10-30(29)27-32)37(22-21-36-23-25-42-26-24-36)31-15-19-35(20-16-31)18-14-28-7-2-1-3-8-28/h1-5,7-10,12-13,27,31,33H,6,11,14-26H2/t33-/m0/s1. The molecule has 3 aliphatic rings. The number of hydrogen-bond acceptors (Lipinski definition) is 6. The molecule has 0 unspecified atom stereocenters. The number of fused-ring (bicyclic) bond motifs is 1. The van der Waals surface area contributed by atoms with E-state index in [1.165, 1.54) is 9.87 Å². The van der Waals surface area contributed by atoms with E-state index in [0.29, 0.717) is 39.1 Å². The van der Waals surface area contributed by atoms with Gasteiger partial charge >= 0.3 is 0 Å². The third-order valence-electron chi connectivity index (χ3n) is 9.42. The number of carbonyl (C=O) groups is 1. The predicted molar refractivity (Wildman–Crippen MR) is 169 cm³/mol. The van der Waals surface area contributed by atoms with E-state index in [9.17, 15) is 13.2 Å². The molecule has 0 saturated carbocycles. The van der Waals surface area contributed by atoms with Crippen molar-refractivity contribution in [3.8, 4) is 0 Å². The molecule has 3 saturated heterocycles. The van der Waals surface area contributed by atoms with Crippen molar-refractivity contribution in [1.82, 2.24) is 19.0 Å². The number of carbonyl (C=O) groups excluding carboxylic acids is 1. The summed E-state index contributed by atoms with van der Waals surface area (Å²) < 4.78 is 34.9. The normalized spacial score (nSPS) is 21.3. The lowest BCUT2D eigenvalue weighted by atomic mass is 10.0. The van der Waals surface area contributed by atoms with E-state index in [1.807, 2.05) is 35.2 Å². The minimum Gasteiger partial charge on any atom is -0.379 e. The van der Waals surface area contributed by atoms with Crippen LogP contribution in [0.2, 0.25) is 0 Å². The summed E-state index contributed by atoms with van der Waals surface area (Å²) in [5, 5.41) is 1.89. The number of benzene rings is 3. The van der Waals surface area contributed by atoms with Gasteiger partial charge in [0.2, 0.25) is 15.9 Å². The van der Waals surface area contributed by atoms with Crippen LogP contribution in [0.15, 0.2) is 77.7 Å². The molecule has 0 N–H and O–H groups in total. The summed E-state index contributed by atoms with van der Waals surface area (Å²) in [5.41, 5.74) is 1.35. The van der Waals surface area contributed by atoms with Crippen molar-refractivity contribution in [2.24, 2.45) is 0 Å². The molecule has 0 radical (unpaired) electrons. The predicted octanol–water partition coefficient (Wildman–Crippen LogP) is 3.86. The molecule has 3 heterocycles. The Morgan fingerprint density at radius 1 is 0.791 bits per heavy atom. The van der Waals surface area contributed by atoms with Crippen molar-refractivity contribution in [3.05, 3.63) is 78.4 Å². The second-order valence-electron chi connectivity index (χ2n) is 12.1. The van der Waals surface area contributed by atoms with E-state index in [-0.39, 0.29) is 16.8 Å². The molecule has 0 aliphatic carbocycles. The SMILES string of the molecule is O=C([C@@H]1CCCN1S(=O)(=O)c1ccc2ccccc2c1)N(CCN1CCOCC1)C1CCN(CCc2ccccc2)CC1. The van der Waals surface area contributed by atoms with Gasteiger partial charge in [-0.25, -0.2) is 8.42 Å². The van der Waals surface area contributed by atoms with Crippen molar-refractivity contribution in [2.45, 2.75) is 49.1 Å². The molecule has 1 amide bonds. The van der Waals surface area contributed by atoms with E-state index in [2.05, 4.69) is 40.1 Å². The van der Waals surface area contributed by atoms with E-state index in [4.69, 9.17) is 4.74 Å². The van der Waals surface area contributed by atoms with Gasteiger partial charge in [0, 0.05) is 58.4 Å². The van der Waals surface area contributed by atoms with Gasteiger partial charge in [-0.1, -0.05) is 60.7 Å². The second-order valence-corrected chi connectivity index (χ2v) is 14.0. The van der Waals surface area contributed by atoms with Gasteiger partial charge in [-0.15, -0.1) is 0 Å². The fourth-order valence-corrected chi connectivity index (χ4v) is 8.55. The molecule has 0 spiro atoms. The minimum atomic E-state index is -3.82. The molecule has 3 aromatic carbocycles. The van der Waals surface area contributed by atoms with Crippen LogP contribution in [0.5, 0.6) is 0 Å². The highest BCUT2D eigenvalue weighted by atomic mass is 32.2. The second kappa shape index (κ2) is 13.9. The fraction of sp³-hybridized carbons (Fsp3) is 0.500. The number of likely N-dealkylation sites (tertiary alicyclic amines) is 1. The summed E-state index contributed by atoms with van der Waals surface area (Å²) in [5.74, 6) is -0.0298. The largest absolute Gasteiger partial charge is 0.379 e. The van der Waals surface area contributed by atoms with Crippen LogP contribution in [-0.2, 0) is 26.0 Å². The Kier molecular flexibility index (Phi) is 9.74. The molecule has 3 aliphatic heterocycles. The third-order valence-corrected chi connectivity index (χ3v) is 11.3. The lowest BCUT2D eigenvalue weighted by molar-refractivity contribution is -0.138. The van der Waals surface area contributed by atoms with Gasteiger partial charge in [0.05, 0.1) is 18.1 Å². The molecule has 9 heteroatoms. The Hall–Kier alpha value is -2.82. The number of piperidine rings is 1. The molecule has 0 bridgehead atoms. The molecule has 3 aromatic rings. The molecule has 0 aromatic heterocycles. The number of rotatable bonds is 10. The molecule has 3 fully saturated rings. The molecule has 230 valence electrons. The first-order chi connectivity index (χ1) is 21.0. The van der Waals surface area contributed by atoms with Gasteiger partial charge < -0.3 is 14.5 Å². The summed E-state index contributed by atoms with van der Waals surface area (Å²) >= 11 is 0. The average Bonchev–Trinajstić information content (AvgIpc) is 3.56. The average molecular weight is 605 g/mol. The zero-order chi connectivity index (χ0) is 29.6. The van der Waals surface area contributed by atoms with Gasteiger partial charge in [-0.2, -0.15) is 4.31 Å². The molecule has 43 heavy (non-hydrogen) atoms. The first-order valence-corrected chi connectivity index (χ1v) is 17.3. The van der Waals surface area contributed by atoms with Crippen molar-refractivity contribution in [1.29, 1.82) is 0 Å². The Morgan fingerprint density at radius 2 is 1.49 bits per heavy atom. The van der Waals surface area contributed by atoms with Crippen molar-refractivity contribution >= 4 is 26.7 Å². The smallest absolute Gasteiger partial charge is 0.243 e. The molecular weight excluding hydrogens is 560 g/mol. The molecular formula is C34H44N4O4S. The highest BCUT2D eigenvalue weighted by Gasteiger charge is 2.43. The maximum absolute atomic E-state index is 14.4. The number of amides is 1. The molecule has 1 atom stereocenters. The number of hydrogen-bond donors (Lipinski definition) is 0. The number of nitrogens with zero attached hydrogens (tertiary/aromatic N) is 4. The number of sulfonamides is 1. The van der Waals surface area contributed by atoms with E-state index >= 15 is 0 Å². The first kappa shape index (κ1) is 30.2. The van der Waals surface area contributed by atoms with Gasteiger partial charge in [0.15, 0.2) is 0 Å². The quantitative estimate of drug-likeness (QED) is 0.350. The third kappa shape index (κ3) is 7.13. The lowest BCUT2D eigenvalue weighted by Crippen LogP contribution is -2.55. The summed E-state index contributed by atoms with van der Waals surface area (Å²) in [6, 6.07) is 23.1. The zero-order valence-corrected chi connectivity index (χ0v) is 25.8.